The molecule has 2 aliphatic carbocycles. The molecule has 1 aliphatic heterocycles. The lowest BCUT2D eigenvalue weighted by Gasteiger charge is -2.48. The molecule has 44 heavy (non-hydrogen) atoms. The number of benzene rings is 2. The molecule has 3 aliphatic rings. The van der Waals surface area contributed by atoms with Crippen LogP contribution in [0.15, 0.2) is 48.6 Å². The molecule has 0 radical (unpaired) electrons. The fraction of sp³-hybridized carbons (Fsp3) is 0.529. The van der Waals surface area contributed by atoms with Crippen LogP contribution in [0.4, 0.5) is 5.69 Å². The number of amides is 1. The predicted octanol–water partition coefficient (Wildman–Crippen LogP) is 5.86. The molecular formula is C34H43ClN2O6S. The molecule has 1 amide bonds. The number of nitrogens with zero attached hydrogens (tertiary/aromatic N) is 1. The highest BCUT2D eigenvalue weighted by molar-refractivity contribution is 7.90. The Morgan fingerprint density at radius 3 is 2.70 bits per heavy atom. The van der Waals surface area contributed by atoms with Crippen LogP contribution in [-0.4, -0.2) is 58.3 Å². The van der Waals surface area contributed by atoms with Crippen LogP contribution < -0.4 is 14.4 Å². The molecule has 8 nitrogen and oxygen atoms in total. The lowest BCUT2D eigenvalue weighted by Crippen LogP contribution is -2.53. The van der Waals surface area contributed by atoms with Crippen molar-refractivity contribution in [3.63, 3.8) is 0 Å². The Hall–Kier alpha value is -2.88. The van der Waals surface area contributed by atoms with Crippen molar-refractivity contribution in [2.45, 2.75) is 75.6 Å². The topological polar surface area (TPSA) is 102 Å². The van der Waals surface area contributed by atoms with E-state index in [4.69, 9.17) is 21.1 Å². The van der Waals surface area contributed by atoms with Crippen molar-refractivity contribution in [3.8, 4) is 5.75 Å². The zero-order chi connectivity index (χ0) is 31.7. The summed E-state index contributed by atoms with van der Waals surface area (Å²) in [4.78, 5) is 27.9. The Morgan fingerprint density at radius 1 is 1.25 bits per heavy atom. The number of carbonyl (C=O) groups excluding carboxylic acids is 2. The maximum Gasteiger partial charge on any atom is 0.264 e. The summed E-state index contributed by atoms with van der Waals surface area (Å²) in [6, 6.07) is 11.2. The summed E-state index contributed by atoms with van der Waals surface area (Å²) in [5.41, 5.74) is 2.11. The first-order chi connectivity index (χ1) is 21.0. The van der Waals surface area contributed by atoms with Crippen LogP contribution in [-0.2, 0) is 31.4 Å². The van der Waals surface area contributed by atoms with Crippen molar-refractivity contribution in [3.05, 3.63) is 70.3 Å². The highest BCUT2D eigenvalue weighted by atomic mass is 35.5. The van der Waals surface area contributed by atoms with Crippen molar-refractivity contribution in [2.75, 3.05) is 31.7 Å². The first-order valence-electron chi connectivity index (χ1n) is 15.5. The summed E-state index contributed by atoms with van der Waals surface area (Å²) in [7, 11) is -2.22. The minimum atomic E-state index is -3.81. The van der Waals surface area contributed by atoms with Gasteiger partial charge >= 0.3 is 0 Å². The SMILES string of the molecule is CC/C=C/[C@](C=O)(OC)[C@@H]1CC[C@H]1CN1C[C@@]2(CCCc3cc(Cl)ccc32)COc2ccc(C(=O)NS(=O)(=O)C(C)C)cc21. The summed E-state index contributed by atoms with van der Waals surface area (Å²) in [6.45, 7) is 6.81. The average Bonchev–Trinajstić information content (AvgIpc) is 3.13. The van der Waals surface area contributed by atoms with Gasteiger partial charge in [0.25, 0.3) is 5.91 Å². The molecule has 2 aromatic rings. The van der Waals surface area contributed by atoms with Crippen LogP contribution in [0.25, 0.3) is 0 Å². The number of aryl methyl sites for hydroxylation is 1. The number of methoxy groups -OCH3 is 1. The molecule has 0 unspecified atom stereocenters. The van der Waals surface area contributed by atoms with Crippen molar-refractivity contribution < 1.29 is 27.5 Å². The van der Waals surface area contributed by atoms with Gasteiger partial charge < -0.3 is 14.4 Å². The number of aldehydes is 1. The van der Waals surface area contributed by atoms with Crippen LogP contribution in [0.5, 0.6) is 5.75 Å². The maximum atomic E-state index is 13.2. The third-order valence-electron chi connectivity index (χ3n) is 9.76. The highest BCUT2D eigenvalue weighted by Crippen LogP contribution is 2.48. The molecule has 238 valence electrons. The second kappa shape index (κ2) is 12.9. The molecule has 1 N–H and O–H groups in total. The van der Waals surface area contributed by atoms with E-state index in [2.05, 4.69) is 21.8 Å². The molecule has 0 bridgehead atoms. The van der Waals surface area contributed by atoms with Gasteiger partial charge in [-0.2, -0.15) is 0 Å². The number of hydrogen-bond acceptors (Lipinski definition) is 7. The minimum Gasteiger partial charge on any atom is -0.490 e. The standard InChI is InChI=1S/C34H43ClN2O6S/c1-5-6-16-34(21-38,42-4)29-12-9-26(29)19-37-20-33(15-7-8-24-17-27(35)11-13-28(24)33)22-43-31-14-10-25(18-30(31)37)32(39)36-44(40,41)23(2)3/h6,10-11,13-14,16-18,21,23,26,29H,5,7-9,12,15,19-20,22H2,1-4H3,(H,36,39)/b16-6+/t26-,29+,33-,34+/m0/s1. The van der Waals surface area contributed by atoms with Gasteiger partial charge in [0, 0.05) is 42.1 Å². The van der Waals surface area contributed by atoms with Crippen LogP contribution in [0.2, 0.25) is 5.02 Å². The average molecular weight is 643 g/mol. The molecule has 5 rings (SSSR count). The molecule has 0 saturated heterocycles. The number of fused-ring (bicyclic) bond motifs is 3. The van der Waals surface area contributed by atoms with Gasteiger partial charge in [-0.15, -0.1) is 0 Å². The fourth-order valence-corrected chi connectivity index (χ4v) is 7.85. The van der Waals surface area contributed by atoms with E-state index < -0.39 is 26.8 Å². The zero-order valence-corrected chi connectivity index (χ0v) is 27.5. The van der Waals surface area contributed by atoms with E-state index >= 15 is 0 Å². The molecule has 2 aromatic carbocycles. The summed E-state index contributed by atoms with van der Waals surface area (Å²) in [5, 5.41) is -0.0345. The Morgan fingerprint density at radius 2 is 2.05 bits per heavy atom. The van der Waals surface area contributed by atoms with Crippen LogP contribution in [0.3, 0.4) is 0 Å². The van der Waals surface area contributed by atoms with E-state index in [0.717, 1.165) is 50.5 Å². The molecule has 1 heterocycles. The molecular weight excluding hydrogens is 600 g/mol. The van der Waals surface area contributed by atoms with Gasteiger partial charge in [-0.1, -0.05) is 30.7 Å². The van der Waals surface area contributed by atoms with E-state index in [0.29, 0.717) is 30.5 Å². The molecule has 1 saturated carbocycles. The smallest absolute Gasteiger partial charge is 0.264 e. The van der Waals surface area contributed by atoms with Gasteiger partial charge in [0.1, 0.15) is 11.4 Å². The monoisotopic (exact) mass is 642 g/mol. The van der Waals surface area contributed by atoms with Gasteiger partial charge in [-0.3, -0.25) is 9.59 Å². The summed E-state index contributed by atoms with van der Waals surface area (Å²) >= 11 is 6.40. The van der Waals surface area contributed by atoms with Crippen molar-refractivity contribution >= 4 is 39.5 Å². The van der Waals surface area contributed by atoms with Crippen LogP contribution in [0, 0.1) is 11.8 Å². The molecule has 1 spiro atoms. The van der Waals surface area contributed by atoms with Crippen molar-refractivity contribution in [1.29, 1.82) is 0 Å². The Labute approximate surface area is 266 Å². The van der Waals surface area contributed by atoms with E-state index in [1.807, 2.05) is 25.1 Å². The first-order valence-corrected chi connectivity index (χ1v) is 17.5. The number of halogens is 1. The van der Waals surface area contributed by atoms with Crippen LogP contribution in [0.1, 0.15) is 74.4 Å². The second-order valence-corrected chi connectivity index (χ2v) is 15.4. The molecule has 4 atom stereocenters. The van der Waals surface area contributed by atoms with Gasteiger partial charge in [-0.25, -0.2) is 13.1 Å². The second-order valence-electron chi connectivity index (χ2n) is 12.7. The van der Waals surface area contributed by atoms with Gasteiger partial charge in [0.15, 0.2) is 6.29 Å². The Bertz CT molecular complexity index is 1540. The number of allylic oxidation sites excluding steroid dienone is 1. The Balaban J connectivity index is 1.54. The number of nitrogens with one attached hydrogen (secondary N) is 1. The van der Waals surface area contributed by atoms with E-state index in [1.54, 1.807) is 25.3 Å². The third kappa shape index (κ3) is 6.15. The maximum absolute atomic E-state index is 13.2. The van der Waals surface area contributed by atoms with Crippen molar-refractivity contribution in [2.24, 2.45) is 11.8 Å². The normalized spacial score (nSPS) is 24.5. The minimum absolute atomic E-state index is 0.00325. The molecule has 10 heteroatoms. The number of rotatable bonds is 10. The fourth-order valence-electron chi connectivity index (χ4n) is 7.05. The molecule has 0 aromatic heterocycles. The number of carbonyl (C=O) groups is 2. The predicted molar refractivity (Wildman–Crippen MR) is 173 cm³/mol. The number of anilines is 1. The van der Waals surface area contributed by atoms with E-state index in [-0.39, 0.29) is 22.8 Å². The van der Waals surface area contributed by atoms with E-state index in [9.17, 15) is 18.0 Å². The quantitative estimate of drug-likeness (QED) is 0.256. The number of hydrogen-bond donors (Lipinski definition) is 1. The zero-order valence-electron chi connectivity index (χ0n) is 26.0. The Kier molecular flexibility index (Phi) is 9.50. The van der Waals surface area contributed by atoms with Gasteiger partial charge in [0.05, 0.1) is 17.5 Å². The molecule has 1 fully saturated rings. The summed E-state index contributed by atoms with van der Waals surface area (Å²) in [5.74, 6) is 0.109. The van der Waals surface area contributed by atoms with Crippen LogP contribution >= 0.6 is 11.6 Å². The first kappa shape index (κ1) is 32.5. The van der Waals surface area contributed by atoms with Gasteiger partial charge in [-0.05, 0) is 106 Å². The number of sulfonamides is 1. The van der Waals surface area contributed by atoms with E-state index in [1.165, 1.54) is 25.0 Å². The number of ether oxygens (including phenoxy) is 2. The third-order valence-corrected chi connectivity index (χ3v) is 11.7. The lowest BCUT2D eigenvalue weighted by atomic mass is 9.64. The lowest BCUT2D eigenvalue weighted by molar-refractivity contribution is -0.135. The summed E-state index contributed by atoms with van der Waals surface area (Å²) < 4.78 is 39.6. The van der Waals surface area contributed by atoms with Gasteiger partial charge in [0.2, 0.25) is 10.0 Å². The largest absolute Gasteiger partial charge is 0.490 e. The van der Waals surface area contributed by atoms with Crippen molar-refractivity contribution in [1.82, 2.24) is 4.72 Å². The highest BCUT2D eigenvalue weighted by Gasteiger charge is 2.49. The summed E-state index contributed by atoms with van der Waals surface area (Å²) in [6.07, 6.45) is 10.3.